The number of hydrogen-bond acceptors (Lipinski definition) is 6. The Labute approximate surface area is 232 Å². The van der Waals surface area contributed by atoms with E-state index in [1.807, 2.05) is 26.0 Å². The van der Waals surface area contributed by atoms with Crippen LogP contribution in [0, 0.1) is 25.2 Å². The highest BCUT2D eigenvalue weighted by Crippen LogP contribution is 2.38. The predicted molar refractivity (Wildman–Crippen MR) is 149 cm³/mol. The second kappa shape index (κ2) is 11.9. The molecule has 4 rings (SSSR count). The van der Waals surface area contributed by atoms with Gasteiger partial charge in [0.25, 0.3) is 0 Å². The molecule has 0 aliphatic rings. The maximum Gasteiger partial charge on any atom is 0.433 e. The average molecular weight is 565 g/mol. The van der Waals surface area contributed by atoms with Gasteiger partial charge in [-0.1, -0.05) is 42.5 Å². The van der Waals surface area contributed by atoms with E-state index in [1.54, 1.807) is 65.9 Å². The number of nitriles is 1. The second-order valence-electron chi connectivity index (χ2n) is 8.60. The lowest BCUT2D eigenvalue weighted by molar-refractivity contribution is -0.141. The highest BCUT2D eigenvalue weighted by atomic mass is 32.2. The first-order valence-electron chi connectivity index (χ1n) is 11.8. The number of methoxy groups -OCH3 is 1. The fourth-order valence-electron chi connectivity index (χ4n) is 4.02. The number of aryl methyl sites for hydroxylation is 2. The molecule has 4 aromatic rings. The molecule has 0 atom stereocenters. The number of halogens is 3. The molecule has 39 heavy (non-hydrogen) atoms. The van der Waals surface area contributed by atoms with Gasteiger partial charge in [0.05, 0.1) is 12.7 Å². The average Bonchev–Trinajstić information content (AvgIpc) is 3.27. The van der Waals surface area contributed by atoms with Gasteiger partial charge in [-0.25, -0.2) is 4.98 Å². The second-order valence-corrected chi connectivity index (χ2v) is 11.0. The topological polar surface area (TPSA) is 63.0 Å². The first-order chi connectivity index (χ1) is 18.6. The number of allylic oxidation sites excluding steroid dienone is 1. The van der Waals surface area contributed by atoms with Gasteiger partial charge in [0.2, 0.25) is 0 Å². The monoisotopic (exact) mass is 564 g/mol. The van der Waals surface area contributed by atoms with E-state index in [4.69, 9.17) is 4.74 Å². The Bertz CT molecular complexity index is 1590. The summed E-state index contributed by atoms with van der Waals surface area (Å²) in [5.74, 6) is 0.617. The van der Waals surface area contributed by atoms with Crippen LogP contribution in [-0.4, -0.2) is 17.9 Å². The van der Waals surface area contributed by atoms with Gasteiger partial charge < -0.3 is 4.74 Å². The summed E-state index contributed by atoms with van der Waals surface area (Å²) in [6, 6.07) is 18.6. The molecule has 0 aliphatic heterocycles. The summed E-state index contributed by atoms with van der Waals surface area (Å²) in [6.45, 7) is 3.85. The molecular formula is C30H23F3N2O2S2. The molecule has 0 amide bonds. The van der Waals surface area contributed by atoms with Crippen LogP contribution in [0.1, 0.15) is 42.5 Å². The molecular weight excluding hydrogens is 541 g/mol. The minimum atomic E-state index is -4.68. The van der Waals surface area contributed by atoms with Gasteiger partial charge in [0, 0.05) is 32.2 Å². The van der Waals surface area contributed by atoms with Gasteiger partial charge in [-0.3, -0.25) is 4.79 Å². The number of rotatable bonds is 8. The number of carbonyl (C=O) groups is 1. The molecule has 0 aliphatic carbocycles. The van der Waals surface area contributed by atoms with Crippen LogP contribution in [0.15, 0.2) is 71.8 Å². The van der Waals surface area contributed by atoms with E-state index in [0.717, 1.165) is 33.1 Å². The first kappa shape index (κ1) is 28.1. The number of aromatic nitrogens is 1. The Morgan fingerprint density at radius 3 is 2.49 bits per heavy atom. The fourth-order valence-corrected chi connectivity index (χ4v) is 5.93. The molecule has 0 saturated heterocycles. The number of hydrogen-bond donors (Lipinski definition) is 0. The Morgan fingerprint density at radius 2 is 1.87 bits per heavy atom. The van der Waals surface area contributed by atoms with Gasteiger partial charge >= 0.3 is 6.18 Å². The summed E-state index contributed by atoms with van der Waals surface area (Å²) >= 11 is 2.59. The largest absolute Gasteiger partial charge is 0.496 e. The molecule has 9 heteroatoms. The lowest BCUT2D eigenvalue weighted by atomic mass is 10.0. The molecule has 0 radical (unpaired) electrons. The molecule has 198 valence electrons. The van der Waals surface area contributed by atoms with Crippen LogP contribution in [0.5, 0.6) is 5.75 Å². The van der Waals surface area contributed by atoms with Crippen LogP contribution in [0.3, 0.4) is 0 Å². The van der Waals surface area contributed by atoms with Crippen LogP contribution in [0.25, 0.3) is 17.2 Å². The lowest BCUT2D eigenvalue weighted by Gasteiger charge is -2.15. The standard InChI is InChI=1S/C30H23F3N2O2S2/c1-18-13-23(19(2)39-18)26(36)11-9-20-10-12-27(37-3)22(14-20)17-38-29-25(16-34)24(21-7-5-4-6-8-21)15-28(35-29)30(31,32)33/h4-15H,17H2,1-3H3/b11-9+. The van der Waals surface area contributed by atoms with E-state index >= 15 is 0 Å². The molecule has 2 aromatic heterocycles. The number of nitrogens with zero attached hydrogens (tertiary/aromatic N) is 2. The van der Waals surface area contributed by atoms with Gasteiger partial charge in [-0.05, 0) is 55.3 Å². The Kier molecular flexibility index (Phi) is 8.58. The Balaban J connectivity index is 1.66. The van der Waals surface area contributed by atoms with Crippen molar-refractivity contribution in [1.29, 1.82) is 5.26 Å². The van der Waals surface area contributed by atoms with E-state index in [9.17, 15) is 23.2 Å². The van der Waals surface area contributed by atoms with Crippen molar-refractivity contribution >= 4 is 35.0 Å². The quantitative estimate of drug-likeness (QED) is 0.122. The molecule has 4 nitrogen and oxygen atoms in total. The first-order valence-corrected chi connectivity index (χ1v) is 13.6. The number of ketones is 1. The van der Waals surface area contributed by atoms with E-state index in [0.29, 0.717) is 22.4 Å². The van der Waals surface area contributed by atoms with Crippen molar-refractivity contribution in [3.05, 3.63) is 104 Å². The number of benzene rings is 2. The molecule has 2 heterocycles. The molecule has 0 bridgehead atoms. The summed E-state index contributed by atoms with van der Waals surface area (Å²) in [6.07, 6.45) is -1.48. The lowest BCUT2D eigenvalue weighted by Crippen LogP contribution is -2.10. The highest BCUT2D eigenvalue weighted by Gasteiger charge is 2.34. The van der Waals surface area contributed by atoms with Crippen LogP contribution in [0.4, 0.5) is 13.2 Å². The smallest absolute Gasteiger partial charge is 0.433 e. The molecule has 0 N–H and O–H groups in total. The third-order valence-corrected chi connectivity index (χ3v) is 7.87. The maximum atomic E-state index is 13.7. The van der Waals surface area contributed by atoms with Crippen LogP contribution >= 0.6 is 23.1 Å². The van der Waals surface area contributed by atoms with Crippen molar-refractivity contribution in [2.75, 3.05) is 7.11 Å². The van der Waals surface area contributed by atoms with Crippen LogP contribution < -0.4 is 4.74 Å². The van der Waals surface area contributed by atoms with Gasteiger partial charge in [-0.15, -0.1) is 23.1 Å². The van der Waals surface area contributed by atoms with Crippen molar-refractivity contribution in [2.24, 2.45) is 0 Å². The van der Waals surface area contributed by atoms with Crippen molar-refractivity contribution in [3.63, 3.8) is 0 Å². The Hall–Kier alpha value is -3.87. The zero-order valence-electron chi connectivity index (χ0n) is 21.3. The number of thiophene rings is 1. The zero-order valence-corrected chi connectivity index (χ0v) is 22.9. The minimum absolute atomic E-state index is 0.0207. The van der Waals surface area contributed by atoms with Gasteiger partial charge in [0.15, 0.2) is 5.78 Å². The molecule has 0 unspecified atom stereocenters. The maximum absolute atomic E-state index is 13.7. The van der Waals surface area contributed by atoms with Gasteiger partial charge in [-0.2, -0.15) is 18.4 Å². The highest BCUT2D eigenvalue weighted by molar-refractivity contribution is 7.98. The van der Waals surface area contributed by atoms with E-state index < -0.39 is 11.9 Å². The third kappa shape index (κ3) is 6.59. The SMILES string of the molecule is COc1ccc(/C=C/C(=O)c2cc(C)sc2C)cc1CSc1nc(C(F)(F)F)cc(-c2ccccc2)c1C#N. The van der Waals surface area contributed by atoms with Crippen molar-refractivity contribution in [1.82, 2.24) is 4.98 Å². The van der Waals surface area contributed by atoms with E-state index in [2.05, 4.69) is 4.98 Å². The summed E-state index contributed by atoms with van der Waals surface area (Å²) < 4.78 is 46.6. The summed E-state index contributed by atoms with van der Waals surface area (Å²) in [5.41, 5.74) is 1.74. The van der Waals surface area contributed by atoms with Crippen LogP contribution in [-0.2, 0) is 11.9 Å². The summed E-state index contributed by atoms with van der Waals surface area (Å²) in [5, 5.41) is 9.86. The third-order valence-electron chi connectivity index (χ3n) is 5.88. The molecule has 0 spiro atoms. The van der Waals surface area contributed by atoms with Crippen molar-refractivity contribution in [3.8, 4) is 22.9 Å². The fraction of sp³-hybridized carbons (Fsp3) is 0.167. The van der Waals surface area contributed by atoms with Crippen molar-refractivity contribution in [2.45, 2.75) is 30.8 Å². The number of ether oxygens (including phenoxy) is 1. The number of carbonyl (C=O) groups excluding carboxylic acids is 1. The number of alkyl halides is 3. The summed E-state index contributed by atoms with van der Waals surface area (Å²) in [4.78, 5) is 18.5. The van der Waals surface area contributed by atoms with E-state index in [1.165, 1.54) is 13.2 Å². The minimum Gasteiger partial charge on any atom is -0.496 e. The number of pyridine rings is 1. The van der Waals surface area contributed by atoms with Crippen molar-refractivity contribution < 1.29 is 22.7 Å². The summed E-state index contributed by atoms with van der Waals surface area (Å²) in [7, 11) is 1.50. The zero-order chi connectivity index (χ0) is 28.2. The van der Waals surface area contributed by atoms with Crippen LogP contribution in [0.2, 0.25) is 0 Å². The molecule has 0 saturated carbocycles. The number of thioether (sulfide) groups is 1. The van der Waals surface area contributed by atoms with Gasteiger partial charge in [0.1, 0.15) is 22.5 Å². The Morgan fingerprint density at radius 1 is 1.13 bits per heavy atom. The molecule has 0 fully saturated rings. The van der Waals surface area contributed by atoms with E-state index in [-0.39, 0.29) is 27.7 Å². The molecule has 2 aromatic carbocycles. The normalized spacial score (nSPS) is 11.5. The predicted octanol–water partition coefficient (Wildman–Crippen LogP) is 8.51.